The van der Waals surface area contributed by atoms with Crippen LogP contribution < -0.4 is 0 Å². The van der Waals surface area contributed by atoms with E-state index < -0.39 is 5.97 Å². The van der Waals surface area contributed by atoms with Crippen LogP contribution in [0.4, 0.5) is 0 Å². The van der Waals surface area contributed by atoms with Crippen LogP contribution in [0.3, 0.4) is 0 Å². The molecule has 22 heavy (non-hydrogen) atoms. The Balaban J connectivity index is 1.57. The van der Waals surface area contributed by atoms with Gasteiger partial charge in [-0.1, -0.05) is 24.3 Å². The fraction of sp³-hybridized carbons (Fsp3) is 0.444. The van der Waals surface area contributed by atoms with Crippen molar-refractivity contribution in [1.82, 2.24) is 4.90 Å². The minimum atomic E-state index is -0.890. The van der Waals surface area contributed by atoms with Gasteiger partial charge in [0.15, 0.2) is 0 Å². The number of carboxylic acid groups (broad SMARTS) is 1. The molecule has 0 aromatic heterocycles. The van der Waals surface area contributed by atoms with E-state index in [0.717, 1.165) is 44.3 Å². The van der Waals surface area contributed by atoms with E-state index in [9.17, 15) is 9.59 Å². The number of allylic oxidation sites excluding steroid dienone is 2. The number of hydrogen-bond acceptors (Lipinski definition) is 2. The fourth-order valence-corrected chi connectivity index (χ4v) is 3.44. The molecule has 1 aliphatic heterocycles. The molecule has 4 nitrogen and oxygen atoms in total. The van der Waals surface area contributed by atoms with E-state index in [1.807, 2.05) is 11.0 Å². The molecule has 2 aliphatic rings. The summed E-state index contributed by atoms with van der Waals surface area (Å²) in [7, 11) is 0. The molecule has 3 rings (SSSR count). The van der Waals surface area contributed by atoms with Crippen molar-refractivity contribution < 1.29 is 14.7 Å². The number of carbonyl (C=O) groups excluding carboxylic acids is 1. The largest absolute Gasteiger partial charge is 0.478 e. The SMILES string of the molecule is O=C(O)c1cccc(CC2CCN(C(=O)C3CC=CC3)C2)c1. The van der Waals surface area contributed by atoms with Crippen molar-refractivity contribution in [3.05, 3.63) is 47.5 Å². The van der Waals surface area contributed by atoms with Crippen LogP contribution in [0, 0.1) is 11.8 Å². The summed E-state index contributed by atoms with van der Waals surface area (Å²) in [5.74, 6) is -0.0259. The third kappa shape index (κ3) is 3.21. The Hall–Kier alpha value is -2.10. The van der Waals surface area contributed by atoms with E-state index in [1.54, 1.807) is 18.2 Å². The van der Waals surface area contributed by atoms with Crippen LogP contribution in [0.25, 0.3) is 0 Å². The molecule has 1 atom stereocenters. The number of hydrogen-bond donors (Lipinski definition) is 1. The first kappa shape index (κ1) is 14.8. The first-order valence-electron chi connectivity index (χ1n) is 7.89. The van der Waals surface area contributed by atoms with Gasteiger partial charge in [0.05, 0.1) is 5.56 Å². The molecular weight excluding hydrogens is 278 g/mol. The van der Waals surface area contributed by atoms with Crippen molar-refractivity contribution >= 4 is 11.9 Å². The molecule has 1 N–H and O–H groups in total. The van der Waals surface area contributed by atoms with Crippen molar-refractivity contribution in [2.24, 2.45) is 11.8 Å². The summed E-state index contributed by atoms with van der Waals surface area (Å²) in [5.41, 5.74) is 1.38. The van der Waals surface area contributed by atoms with Crippen LogP contribution in [-0.2, 0) is 11.2 Å². The van der Waals surface area contributed by atoms with Gasteiger partial charge in [-0.2, -0.15) is 0 Å². The highest BCUT2D eigenvalue weighted by Crippen LogP contribution is 2.26. The highest BCUT2D eigenvalue weighted by Gasteiger charge is 2.30. The number of rotatable bonds is 4. The number of aromatic carboxylic acids is 1. The molecule has 4 heteroatoms. The molecule has 1 aromatic rings. The van der Waals surface area contributed by atoms with Gasteiger partial charge in [0.2, 0.25) is 5.91 Å². The highest BCUT2D eigenvalue weighted by molar-refractivity contribution is 5.87. The molecule has 0 spiro atoms. The summed E-state index contributed by atoms with van der Waals surface area (Å²) in [6, 6.07) is 7.12. The van der Waals surface area contributed by atoms with Crippen molar-refractivity contribution in [3.8, 4) is 0 Å². The lowest BCUT2D eigenvalue weighted by molar-refractivity contribution is -0.134. The van der Waals surface area contributed by atoms with E-state index in [4.69, 9.17) is 5.11 Å². The molecule has 1 fully saturated rings. The minimum Gasteiger partial charge on any atom is -0.478 e. The molecule has 1 saturated heterocycles. The zero-order valence-corrected chi connectivity index (χ0v) is 12.6. The van der Waals surface area contributed by atoms with Gasteiger partial charge in [0, 0.05) is 19.0 Å². The third-order valence-electron chi connectivity index (χ3n) is 4.65. The van der Waals surface area contributed by atoms with Gasteiger partial charge in [-0.25, -0.2) is 4.79 Å². The van der Waals surface area contributed by atoms with E-state index in [2.05, 4.69) is 12.2 Å². The van der Waals surface area contributed by atoms with E-state index in [-0.39, 0.29) is 11.8 Å². The third-order valence-corrected chi connectivity index (χ3v) is 4.65. The topological polar surface area (TPSA) is 57.6 Å². The van der Waals surface area contributed by atoms with Crippen LogP contribution >= 0.6 is 0 Å². The molecule has 116 valence electrons. The standard InChI is InChI=1S/C18H21NO3/c20-17(15-5-1-2-6-15)19-9-8-14(12-19)10-13-4-3-7-16(11-13)18(21)22/h1-4,7,11,14-15H,5-6,8-10,12H2,(H,21,22). The van der Waals surface area contributed by atoms with Gasteiger partial charge in [0.25, 0.3) is 0 Å². The summed E-state index contributed by atoms with van der Waals surface area (Å²) >= 11 is 0. The Kier molecular flexibility index (Phi) is 4.27. The average molecular weight is 299 g/mol. The lowest BCUT2D eigenvalue weighted by Gasteiger charge is -2.20. The van der Waals surface area contributed by atoms with Gasteiger partial charge >= 0.3 is 5.97 Å². The van der Waals surface area contributed by atoms with Crippen molar-refractivity contribution in [2.75, 3.05) is 13.1 Å². The summed E-state index contributed by atoms with van der Waals surface area (Å²) in [6.45, 7) is 1.63. The van der Waals surface area contributed by atoms with E-state index >= 15 is 0 Å². The Morgan fingerprint density at radius 1 is 1.23 bits per heavy atom. The van der Waals surface area contributed by atoms with Crippen molar-refractivity contribution in [1.29, 1.82) is 0 Å². The fourth-order valence-electron chi connectivity index (χ4n) is 3.44. The van der Waals surface area contributed by atoms with Crippen LogP contribution in [0.2, 0.25) is 0 Å². The number of benzene rings is 1. The van der Waals surface area contributed by atoms with Crippen LogP contribution in [-0.4, -0.2) is 35.0 Å². The number of likely N-dealkylation sites (tertiary alicyclic amines) is 1. The van der Waals surface area contributed by atoms with Gasteiger partial charge in [0.1, 0.15) is 0 Å². The van der Waals surface area contributed by atoms with Crippen molar-refractivity contribution in [2.45, 2.75) is 25.7 Å². The maximum absolute atomic E-state index is 12.4. The molecule has 0 saturated carbocycles. The molecule has 1 heterocycles. The zero-order chi connectivity index (χ0) is 15.5. The van der Waals surface area contributed by atoms with Gasteiger partial charge in [-0.05, 0) is 49.3 Å². The van der Waals surface area contributed by atoms with Crippen LogP contribution in [0.5, 0.6) is 0 Å². The molecule has 0 radical (unpaired) electrons. The van der Waals surface area contributed by atoms with Crippen LogP contribution in [0.1, 0.15) is 35.2 Å². The molecule has 0 bridgehead atoms. The molecule has 1 unspecified atom stereocenters. The molecule has 1 aliphatic carbocycles. The Bertz CT molecular complexity index is 600. The van der Waals surface area contributed by atoms with Gasteiger partial charge in [-0.3, -0.25) is 4.79 Å². The summed E-state index contributed by atoms with van der Waals surface area (Å²) < 4.78 is 0. The number of nitrogens with zero attached hydrogens (tertiary/aromatic N) is 1. The highest BCUT2D eigenvalue weighted by atomic mass is 16.4. The average Bonchev–Trinajstić information content (AvgIpc) is 3.18. The van der Waals surface area contributed by atoms with Crippen molar-refractivity contribution in [3.63, 3.8) is 0 Å². The van der Waals surface area contributed by atoms with Gasteiger partial charge < -0.3 is 10.0 Å². The minimum absolute atomic E-state index is 0.147. The maximum Gasteiger partial charge on any atom is 0.335 e. The molecule has 1 amide bonds. The number of carboxylic acids is 1. The smallest absolute Gasteiger partial charge is 0.335 e. The summed E-state index contributed by atoms with van der Waals surface area (Å²) in [4.78, 5) is 25.4. The predicted octanol–water partition coefficient (Wildman–Crippen LogP) is 2.74. The predicted molar refractivity (Wildman–Crippen MR) is 83.7 cm³/mol. The first-order valence-corrected chi connectivity index (χ1v) is 7.89. The lowest BCUT2D eigenvalue weighted by Crippen LogP contribution is -2.33. The summed E-state index contributed by atoms with van der Waals surface area (Å²) in [5, 5.41) is 9.05. The second-order valence-electron chi connectivity index (χ2n) is 6.29. The maximum atomic E-state index is 12.4. The Morgan fingerprint density at radius 3 is 2.73 bits per heavy atom. The van der Waals surface area contributed by atoms with E-state index in [0.29, 0.717) is 11.5 Å². The monoisotopic (exact) mass is 299 g/mol. The number of amides is 1. The zero-order valence-electron chi connectivity index (χ0n) is 12.6. The quantitative estimate of drug-likeness (QED) is 0.870. The lowest BCUT2D eigenvalue weighted by atomic mass is 9.97. The first-order chi connectivity index (χ1) is 10.6. The Labute approximate surface area is 130 Å². The van der Waals surface area contributed by atoms with Gasteiger partial charge in [-0.15, -0.1) is 0 Å². The second kappa shape index (κ2) is 6.34. The number of carbonyl (C=O) groups is 2. The Morgan fingerprint density at radius 2 is 2.00 bits per heavy atom. The normalized spacial score (nSPS) is 21.5. The van der Waals surface area contributed by atoms with Crippen LogP contribution in [0.15, 0.2) is 36.4 Å². The molecule has 1 aromatic carbocycles. The summed E-state index contributed by atoms with van der Waals surface area (Å²) in [6.07, 6.45) is 7.78. The van der Waals surface area contributed by atoms with E-state index in [1.165, 1.54) is 0 Å². The molecular formula is C18H21NO3. The second-order valence-corrected chi connectivity index (χ2v) is 6.29.